The minimum Gasteiger partial charge on any atom is -0.387 e. The Kier molecular flexibility index (Phi) is 4.63. The molecule has 19 heavy (non-hydrogen) atoms. The predicted molar refractivity (Wildman–Crippen MR) is 75.7 cm³/mol. The fraction of sp³-hybridized carbons (Fsp3) is 0.154. The largest absolute Gasteiger partial charge is 0.387 e. The number of nitrogens with zero attached hydrogens (tertiary/aromatic N) is 1. The first kappa shape index (κ1) is 14.1. The summed E-state index contributed by atoms with van der Waals surface area (Å²) in [6.07, 6.45) is 0.654. The number of nitrogen functional groups attached to an aromatic ring is 1. The van der Waals surface area contributed by atoms with Gasteiger partial charge in [0.2, 0.25) is 0 Å². The normalized spacial score (nSPS) is 12.4. The highest BCUT2D eigenvalue weighted by Gasteiger charge is 2.13. The quantitative estimate of drug-likeness (QED) is 0.851. The molecule has 6 heteroatoms. The lowest BCUT2D eigenvalue weighted by atomic mass is 10.1. The average molecular weight is 299 g/mol. The predicted octanol–water partition coefficient (Wildman–Crippen LogP) is 3.28. The van der Waals surface area contributed by atoms with Crippen LogP contribution in [0.25, 0.3) is 0 Å². The van der Waals surface area contributed by atoms with Crippen LogP contribution in [-0.2, 0) is 0 Å². The van der Waals surface area contributed by atoms with Gasteiger partial charge in [-0.05, 0) is 30.3 Å². The van der Waals surface area contributed by atoms with Gasteiger partial charge < -0.3 is 10.8 Å². The van der Waals surface area contributed by atoms with Crippen molar-refractivity contribution >= 4 is 29.2 Å². The molecule has 0 saturated heterocycles. The summed E-state index contributed by atoms with van der Waals surface area (Å²) in [6, 6.07) is 7.67. The number of rotatable bonds is 4. The molecular formula is C13H12ClFN2OS. The number of pyridine rings is 1. The molecule has 0 fully saturated rings. The van der Waals surface area contributed by atoms with Gasteiger partial charge in [-0.15, -0.1) is 11.8 Å². The van der Waals surface area contributed by atoms with Crippen LogP contribution in [0.2, 0.25) is 5.02 Å². The molecule has 1 heterocycles. The van der Waals surface area contributed by atoms with Gasteiger partial charge in [-0.3, -0.25) is 0 Å². The first-order valence-electron chi connectivity index (χ1n) is 5.53. The zero-order valence-electron chi connectivity index (χ0n) is 9.88. The van der Waals surface area contributed by atoms with E-state index in [9.17, 15) is 9.50 Å². The van der Waals surface area contributed by atoms with E-state index in [-0.39, 0.29) is 11.6 Å². The molecule has 0 aliphatic heterocycles. The summed E-state index contributed by atoms with van der Waals surface area (Å²) in [6.45, 7) is 0. The van der Waals surface area contributed by atoms with Crippen molar-refractivity contribution in [2.75, 3.05) is 11.5 Å². The first-order valence-corrected chi connectivity index (χ1v) is 6.90. The Hall–Kier alpha value is -1.30. The zero-order valence-corrected chi connectivity index (χ0v) is 11.5. The van der Waals surface area contributed by atoms with Gasteiger partial charge in [-0.2, -0.15) is 0 Å². The van der Waals surface area contributed by atoms with E-state index in [1.165, 1.54) is 30.1 Å². The molecule has 0 aliphatic carbocycles. The number of nitrogens with two attached hydrogens (primary N) is 1. The first-order chi connectivity index (χ1) is 9.06. The number of thioether (sulfide) groups is 1. The van der Waals surface area contributed by atoms with Crippen molar-refractivity contribution in [3.05, 3.63) is 52.9 Å². The minimum absolute atomic E-state index is 0.261. The van der Waals surface area contributed by atoms with Crippen molar-refractivity contribution in [1.29, 1.82) is 0 Å². The van der Waals surface area contributed by atoms with E-state index < -0.39 is 6.10 Å². The Bertz CT molecular complexity index is 565. The number of benzene rings is 1. The van der Waals surface area contributed by atoms with E-state index in [4.69, 9.17) is 17.3 Å². The Morgan fingerprint density at radius 1 is 1.37 bits per heavy atom. The Morgan fingerprint density at radius 2 is 2.05 bits per heavy atom. The summed E-state index contributed by atoms with van der Waals surface area (Å²) in [7, 11) is 0. The number of aliphatic hydroxyl groups excluding tert-OH is 1. The Morgan fingerprint density at radius 3 is 2.74 bits per heavy atom. The number of hydrogen-bond donors (Lipinski definition) is 2. The molecule has 2 aromatic rings. The summed E-state index contributed by atoms with van der Waals surface area (Å²) in [5.74, 6) is 0.363. The molecule has 0 saturated carbocycles. The van der Waals surface area contributed by atoms with Gasteiger partial charge in [0.1, 0.15) is 11.6 Å². The van der Waals surface area contributed by atoms with Crippen molar-refractivity contribution in [2.24, 2.45) is 0 Å². The number of anilines is 1. The number of hydrogen-bond acceptors (Lipinski definition) is 4. The van der Waals surface area contributed by atoms with Crippen molar-refractivity contribution in [1.82, 2.24) is 4.98 Å². The topological polar surface area (TPSA) is 59.1 Å². The second kappa shape index (κ2) is 6.23. The van der Waals surface area contributed by atoms with Gasteiger partial charge in [0.15, 0.2) is 0 Å². The van der Waals surface area contributed by atoms with E-state index in [0.717, 1.165) is 4.90 Å². The fourth-order valence-corrected chi connectivity index (χ4v) is 2.55. The van der Waals surface area contributed by atoms with Crippen LogP contribution in [0.15, 0.2) is 41.4 Å². The third-order valence-corrected chi connectivity index (χ3v) is 3.79. The van der Waals surface area contributed by atoms with Crippen LogP contribution in [0.5, 0.6) is 0 Å². The number of aromatic nitrogens is 1. The Balaban J connectivity index is 2.03. The van der Waals surface area contributed by atoms with Crippen LogP contribution in [-0.4, -0.2) is 15.8 Å². The highest BCUT2D eigenvalue weighted by Crippen LogP contribution is 2.28. The lowest BCUT2D eigenvalue weighted by Gasteiger charge is -2.12. The van der Waals surface area contributed by atoms with Gasteiger partial charge in [0.05, 0.1) is 11.1 Å². The number of aliphatic hydroxyl groups is 1. The second-order valence-electron chi connectivity index (χ2n) is 3.91. The smallest absolute Gasteiger partial charge is 0.129 e. The molecule has 0 spiro atoms. The maximum Gasteiger partial charge on any atom is 0.129 e. The third kappa shape index (κ3) is 3.83. The van der Waals surface area contributed by atoms with Crippen LogP contribution >= 0.6 is 23.4 Å². The molecular weight excluding hydrogens is 287 g/mol. The molecule has 0 amide bonds. The fourth-order valence-electron chi connectivity index (χ4n) is 1.53. The minimum atomic E-state index is -0.777. The summed E-state index contributed by atoms with van der Waals surface area (Å²) < 4.78 is 12.7. The monoisotopic (exact) mass is 298 g/mol. The van der Waals surface area contributed by atoms with E-state index in [0.29, 0.717) is 16.3 Å². The van der Waals surface area contributed by atoms with Gasteiger partial charge in [0.25, 0.3) is 0 Å². The molecule has 0 bridgehead atoms. The van der Waals surface area contributed by atoms with Gasteiger partial charge in [-0.25, -0.2) is 9.37 Å². The van der Waals surface area contributed by atoms with Crippen LogP contribution < -0.4 is 5.73 Å². The molecule has 100 valence electrons. The molecule has 2 rings (SSSR count). The molecule has 1 atom stereocenters. The van der Waals surface area contributed by atoms with Crippen LogP contribution in [0.4, 0.5) is 10.2 Å². The van der Waals surface area contributed by atoms with Crippen LogP contribution in [0.3, 0.4) is 0 Å². The maximum absolute atomic E-state index is 12.7. The number of halogens is 2. The summed E-state index contributed by atoms with van der Waals surface area (Å²) >= 11 is 7.22. The Labute approximate surface area is 119 Å². The maximum atomic E-state index is 12.7. The van der Waals surface area contributed by atoms with Crippen molar-refractivity contribution < 1.29 is 9.50 Å². The molecule has 3 nitrogen and oxygen atoms in total. The average Bonchev–Trinajstić information content (AvgIpc) is 2.40. The molecule has 1 unspecified atom stereocenters. The van der Waals surface area contributed by atoms with E-state index >= 15 is 0 Å². The van der Waals surface area contributed by atoms with Gasteiger partial charge >= 0.3 is 0 Å². The summed E-state index contributed by atoms with van der Waals surface area (Å²) in [5.41, 5.74) is 6.19. The SMILES string of the molecule is Nc1ncc(Cl)cc1C(O)CSc1ccc(F)cc1. The van der Waals surface area contributed by atoms with Gasteiger partial charge in [-0.1, -0.05) is 11.6 Å². The van der Waals surface area contributed by atoms with E-state index in [1.54, 1.807) is 18.2 Å². The van der Waals surface area contributed by atoms with Crippen LogP contribution in [0.1, 0.15) is 11.7 Å². The van der Waals surface area contributed by atoms with Crippen LogP contribution in [0, 0.1) is 5.82 Å². The summed E-state index contributed by atoms with van der Waals surface area (Å²) in [4.78, 5) is 4.76. The van der Waals surface area contributed by atoms with E-state index in [1.807, 2.05) is 0 Å². The third-order valence-electron chi connectivity index (χ3n) is 2.50. The lowest BCUT2D eigenvalue weighted by Crippen LogP contribution is -2.06. The van der Waals surface area contributed by atoms with Crippen molar-refractivity contribution in [3.63, 3.8) is 0 Å². The van der Waals surface area contributed by atoms with Crippen molar-refractivity contribution in [3.8, 4) is 0 Å². The molecule has 3 N–H and O–H groups in total. The van der Waals surface area contributed by atoms with Crippen molar-refractivity contribution in [2.45, 2.75) is 11.0 Å². The standard InChI is InChI=1S/C13H12ClFN2OS/c14-8-5-11(13(16)17-6-8)12(18)7-19-10-3-1-9(15)2-4-10/h1-6,12,18H,7H2,(H2,16,17). The molecule has 1 aromatic carbocycles. The lowest BCUT2D eigenvalue weighted by molar-refractivity contribution is 0.204. The van der Waals surface area contributed by atoms with Gasteiger partial charge in [0, 0.05) is 22.4 Å². The second-order valence-corrected chi connectivity index (χ2v) is 5.44. The molecule has 0 radical (unpaired) electrons. The highest BCUT2D eigenvalue weighted by molar-refractivity contribution is 7.99. The van der Waals surface area contributed by atoms with E-state index in [2.05, 4.69) is 4.98 Å². The highest BCUT2D eigenvalue weighted by atomic mass is 35.5. The summed E-state index contributed by atoms with van der Waals surface area (Å²) in [5, 5.41) is 10.5. The zero-order chi connectivity index (χ0) is 13.8. The molecule has 1 aromatic heterocycles. The molecule has 0 aliphatic rings.